The zero-order valence-electron chi connectivity index (χ0n) is 12.3. The van der Waals surface area contributed by atoms with Crippen LogP contribution < -0.4 is 5.43 Å². The van der Waals surface area contributed by atoms with Gasteiger partial charge in [-0.2, -0.15) is 10.4 Å². The molecular formula is C17H15N3O2. The topological polar surface area (TPSA) is 74.5 Å². The molecule has 0 radical (unpaired) electrons. The molecule has 5 nitrogen and oxygen atoms in total. The fourth-order valence-electron chi connectivity index (χ4n) is 1.86. The van der Waals surface area contributed by atoms with Gasteiger partial charge in [0.25, 0.3) is 0 Å². The van der Waals surface area contributed by atoms with Gasteiger partial charge in [0.2, 0.25) is 0 Å². The van der Waals surface area contributed by atoms with Gasteiger partial charge >= 0.3 is 5.97 Å². The van der Waals surface area contributed by atoms with E-state index in [1.165, 1.54) is 7.11 Å². The van der Waals surface area contributed by atoms with Gasteiger partial charge < -0.3 is 4.74 Å². The highest BCUT2D eigenvalue weighted by Crippen LogP contribution is 2.12. The summed E-state index contributed by atoms with van der Waals surface area (Å²) >= 11 is 0. The van der Waals surface area contributed by atoms with Crippen LogP contribution in [-0.4, -0.2) is 18.8 Å². The SMILES string of the molecule is COC(=O)c1cccc(NN=C(C)c2cccc(C#N)c2)c1. The smallest absolute Gasteiger partial charge is 0.337 e. The summed E-state index contributed by atoms with van der Waals surface area (Å²) in [6.45, 7) is 1.84. The number of anilines is 1. The summed E-state index contributed by atoms with van der Waals surface area (Å²) in [5.74, 6) is -0.397. The van der Waals surface area contributed by atoms with Gasteiger partial charge in [0.1, 0.15) is 0 Å². The standard InChI is InChI=1S/C17H15N3O2/c1-12(14-6-3-5-13(9-14)11-18)19-20-16-8-4-7-15(10-16)17(21)22-2/h3-10,20H,1-2H3. The second-order valence-electron chi connectivity index (χ2n) is 4.57. The number of ether oxygens (including phenoxy) is 1. The van der Waals surface area contributed by atoms with E-state index in [4.69, 9.17) is 5.26 Å². The maximum absolute atomic E-state index is 11.5. The summed E-state index contributed by atoms with van der Waals surface area (Å²) in [6, 6.07) is 16.2. The summed E-state index contributed by atoms with van der Waals surface area (Å²) in [6.07, 6.45) is 0. The number of carbonyl (C=O) groups is 1. The van der Waals surface area contributed by atoms with Crippen molar-refractivity contribution in [3.63, 3.8) is 0 Å². The van der Waals surface area contributed by atoms with Crippen LogP contribution in [0.25, 0.3) is 0 Å². The Bertz CT molecular complexity index is 760. The van der Waals surface area contributed by atoms with Crippen LogP contribution in [0.1, 0.15) is 28.4 Å². The third kappa shape index (κ3) is 3.70. The van der Waals surface area contributed by atoms with Gasteiger partial charge in [-0.05, 0) is 42.8 Å². The molecule has 2 aromatic carbocycles. The first-order valence-corrected chi connectivity index (χ1v) is 6.63. The summed E-state index contributed by atoms with van der Waals surface area (Å²) in [4.78, 5) is 11.5. The number of esters is 1. The fourth-order valence-corrected chi connectivity index (χ4v) is 1.86. The van der Waals surface area contributed by atoms with Crippen molar-refractivity contribution in [2.75, 3.05) is 12.5 Å². The quantitative estimate of drug-likeness (QED) is 0.533. The molecule has 0 aromatic heterocycles. The van der Waals surface area contributed by atoms with E-state index in [1.54, 1.807) is 36.4 Å². The predicted octanol–water partition coefficient (Wildman–Crippen LogP) is 3.18. The average molecular weight is 293 g/mol. The summed E-state index contributed by atoms with van der Waals surface area (Å²) in [7, 11) is 1.34. The Morgan fingerprint density at radius 1 is 1.18 bits per heavy atom. The number of nitrogens with one attached hydrogen (secondary N) is 1. The molecule has 0 aliphatic carbocycles. The summed E-state index contributed by atoms with van der Waals surface area (Å²) in [5.41, 5.74) is 6.20. The third-order valence-corrected chi connectivity index (χ3v) is 3.05. The van der Waals surface area contributed by atoms with Crippen molar-refractivity contribution in [3.05, 3.63) is 65.2 Å². The Balaban J connectivity index is 2.17. The molecule has 0 saturated carbocycles. The minimum atomic E-state index is -0.397. The van der Waals surface area contributed by atoms with E-state index in [0.717, 1.165) is 11.3 Å². The summed E-state index contributed by atoms with van der Waals surface area (Å²) < 4.78 is 4.68. The fraction of sp³-hybridized carbons (Fsp3) is 0.118. The molecule has 0 spiro atoms. The zero-order chi connectivity index (χ0) is 15.9. The van der Waals surface area contributed by atoms with Gasteiger partial charge in [0.15, 0.2) is 0 Å². The maximum Gasteiger partial charge on any atom is 0.337 e. The van der Waals surface area contributed by atoms with Crippen LogP contribution in [0.5, 0.6) is 0 Å². The number of methoxy groups -OCH3 is 1. The van der Waals surface area contributed by atoms with E-state index in [1.807, 2.05) is 19.1 Å². The van der Waals surface area contributed by atoms with Gasteiger partial charge in [-0.3, -0.25) is 5.43 Å². The first-order valence-electron chi connectivity index (χ1n) is 6.63. The van der Waals surface area contributed by atoms with Crippen molar-refractivity contribution < 1.29 is 9.53 Å². The van der Waals surface area contributed by atoms with Gasteiger partial charge in [-0.15, -0.1) is 0 Å². The van der Waals surface area contributed by atoms with Gasteiger partial charge in [-0.25, -0.2) is 4.79 Å². The monoisotopic (exact) mass is 293 g/mol. The number of hydrogen-bond acceptors (Lipinski definition) is 5. The molecule has 0 fully saturated rings. The minimum Gasteiger partial charge on any atom is -0.465 e. The number of nitriles is 1. The van der Waals surface area contributed by atoms with Crippen molar-refractivity contribution in [3.8, 4) is 6.07 Å². The first kappa shape index (κ1) is 15.3. The molecule has 0 aliphatic rings. The van der Waals surface area contributed by atoms with E-state index in [2.05, 4.69) is 21.3 Å². The Morgan fingerprint density at radius 2 is 1.91 bits per heavy atom. The highest BCUT2D eigenvalue weighted by molar-refractivity contribution is 5.99. The first-order chi connectivity index (χ1) is 10.6. The lowest BCUT2D eigenvalue weighted by Gasteiger charge is -2.05. The second kappa shape index (κ2) is 7.04. The van der Waals surface area contributed by atoms with Gasteiger partial charge in [0.05, 0.1) is 35.7 Å². The average Bonchev–Trinajstić information content (AvgIpc) is 2.59. The molecule has 0 aliphatic heterocycles. The summed E-state index contributed by atoms with van der Waals surface area (Å²) in [5, 5.41) is 13.2. The number of nitrogens with zero attached hydrogens (tertiary/aromatic N) is 2. The van der Waals surface area contributed by atoms with E-state index >= 15 is 0 Å². The molecule has 22 heavy (non-hydrogen) atoms. The molecule has 0 heterocycles. The van der Waals surface area contributed by atoms with Crippen LogP contribution in [0.2, 0.25) is 0 Å². The van der Waals surface area contributed by atoms with E-state index in [9.17, 15) is 4.79 Å². The highest BCUT2D eigenvalue weighted by Gasteiger charge is 2.05. The molecule has 0 unspecified atom stereocenters. The van der Waals surface area contributed by atoms with Gasteiger partial charge in [0, 0.05) is 0 Å². The van der Waals surface area contributed by atoms with E-state index < -0.39 is 5.97 Å². The third-order valence-electron chi connectivity index (χ3n) is 3.05. The van der Waals surface area contributed by atoms with Crippen LogP contribution in [0.4, 0.5) is 5.69 Å². The zero-order valence-corrected chi connectivity index (χ0v) is 12.3. The molecular weight excluding hydrogens is 278 g/mol. The molecule has 2 rings (SSSR count). The van der Waals surface area contributed by atoms with Crippen molar-refractivity contribution in [1.82, 2.24) is 0 Å². The number of carbonyl (C=O) groups excluding carboxylic acids is 1. The van der Waals surface area contributed by atoms with E-state index in [-0.39, 0.29) is 0 Å². The Labute approximate surface area is 128 Å². The minimum absolute atomic E-state index is 0.397. The van der Waals surface area contributed by atoms with Crippen molar-refractivity contribution in [1.29, 1.82) is 5.26 Å². The molecule has 0 atom stereocenters. The lowest BCUT2D eigenvalue weighted by atomic mass is 10.1. The largest absolute Gasteiger partial charge is 0.465 e. The molecule has 0 bridgehead atoms. The number of rotatable bonds is 4. The normalized spacial score (nSPS) is 10.7. The van der Waals surface area contributed by atoms with E-state index in [0.29, 0.717) is 16.8 Å². The molecule has 0 saturated heterocycles. The predicted molar refractivity (Wildman–Crippen MR) is 84.8 cm³/mol. The van der Waals surface area contributed by atoms with Crippen LogP contribution in [0, 0.1) is 11.3 Å². The van der Waals surface area contributed by atoms with Crippen LogP contribution in [-0.2, 0) is 4.74 Å². The second-order valence-corrected chi connectivity index (χ2v) is 4.57. The van der Waals surface area contributed by atoms with Crippen LogP contribution in [0.3, 0.4) is 0 Å². The number of hydrogen-bond donors (Lipinski definition) is 1. The lowest BCUT2D eigenvalue weighted by Crippen LogP contribution is -2.03. The molecule has 5 heteroatoms. The number of benzene rings is 2. The highest BCUT2D eigenvalue weighted by atomic mass is 16.5. The Kier molecular flexibility index (Phi) is 4.89. The van der Waals surface area contributed by atoms with Crippen LogP contribution >= 0.6 is 0 Å². The molecule has 1 N–H and O–H groups in total. The Hall–Kier alpha value is -3.13. The molecule has 110 valence electrons. The maximum atomic E-state index is 11.5. The van der Waals surface area contributed by atoms with Crippen LogP contribution in [0.15, 0.2) is 53.6 Å². The van der Waals surface area contributed by atoms with Crippen molar-refractivity contribution in [2.45, 2.75) is 6.92 Å². The molecule has 2 aromatic rings. The Morgan fingerprint density at radius 3 is 2.64 bits per heavy atom. The van der Waals surface area contributed by atoms with Crippen molar-refractivity contribution in [2.24, 2.45) is 5.10 Å². The molecule has 0 amide bonds. The number of hydrazone groups is 1. The van der Waals surface area contributed by atoms with Crippen molar-refractivity contribution >= 4 is 17.4 Å². The lowest BCUT2D eigenvalue weighted by molar-refractivity contribution is 0.0601. The van der Waals surface area contributed by atoms with Gasteiger partial charge in [-0.1, -0.05) is 18.2 Å².